The lowest BCUT2D eigenvalue weighted by Gasteiger charge is -1.97. The summed E-state index contributed by atoms with van der Waals surface area (Å²) in [5, 5.41) is 17.3. The van der Waals surface area contributed by atoms with E-state index in [9.17, 15) is 8.42 Å². The molecule has 0 unspecified atom stereocenters. The molecule has 0 N–H and O–H groups in total. The summed E-state index contributed by atoms with van der Waals surface area (Å²) in [6.07, 6.45) is 1.07. The van der Waals surface area contributed by atoms with Gasteiger partial charge in [-0.15, -0.1) is 0 Å². The highest BCUT2D eigenvalue weighted by atomic mass is 32.2. The lowest BCUT2D eigenvalue weighted by atomic mass is 10.0. The average molecular weight is 246 g/mol. The molecule has 2 atom stereocenters. The van der Waals surface area contributed by atoms with Crippen molar-refractivity contribution in [2.45, 2.75) is 11.2 Å². The molecule has 0 bridgehead atoms. The van der Waals surface area contributed by atoms with Crippen molar-refractivity contribution in [3.63, 3.8) is 0 Å². The monoisotopic (exact) mass is 246 g/mol. The first kappa shape index (κ1) is 11.6. The highest BCUT2D eigenvalue weighted by Gasteiger charge is 2.72. The van der Waals surface area contributed by atoms with Gasteiger partial charge in [-0.25, -0.2) is 8.42 Å². The third kappa shape index (κ3) is 1.60. The van der Waals surface area contributed by atoms with Crippen LogP contribution in [-0.2, 0) is 9.84 Å². The van der Waals surface area contributed by atoms with Crippen molar-refractivity contribution in [2.75, 3.05) is 6.26 Å². The Morgan fingerprint density at radius 2 is 1.71 bits per heavy atom. The van der Waals surface area contributed by atoms with E-state index in [1.807, 2.05) is 18.2 Å². The normalized spacial score (nSPS) is 25.6. The number of nitriles is 2. The minimum atomic E-state index is -3.40. The molecule has 1 aromatic rings. The van der Waals surface area contributed by atoms with Gasteiger partial charge in [0.05, 0.1) is 12.1 Å². The van der Waals surface area contributed by atoms with Crippen LogP contribution in [0.4, 0.5) is 0 Å². The molecule has 0 radical (unpaired) electrons. The van der Waals surface area contributed by atoms with Crippen LogP contribution in [0.15, 0.2) is 30.3 Å². The summed E-state index contributed by atoms with van der Waals surface area (Å²) in [5.74, 6) is -0.534. The largest absolute Gasteiger partial charge is 0.229 e. The Labute approximate surface area is 100 Å². The maximum absolute atomic E-state index is 11.6. The van der Waals surface area contributed by atoms with Crippen molar-refractivity contribution >= 4 is 9.84 Å². The number of nitrogens with zero attached hydrogens (tertiary/aromatic N) is 2. The lowest BCUT2D eigenvalue weighted by molar-refractivity contribution is 0.597. The lowest BCUT2D eigenvalue weighted by Crippen LogP contribution is -2.11. The molecule has 1 aromatic carbocycles. The van der Waals surface area contributed by atoms with E-state index in [2.05, 4.69) is 0 Å². The van der Waals surface area contributed by atoms with Crippen molar-refractivity contribution in [2.24, 2.45) is 5.41 Å². The molecule has 0 aliphatic heterocycles. The summed E-state index contributed by atoms with van der Waals surface area (Å²) in [5.41, 5.74) is -0.694. The van der Waals surface area contributed by atoms with E-state index in [0.717, 1.165) is 11.8 Å². The van der Waals surface area contributed by atoms with Gasteiger partial charge >= 0.3 is 0 Å². The third-order valence-electron chi connectivity index (χ3n) is 3.12. The van der Waals surface area contributed by atoms with Crippen molar-refractivity contribution < 1.29 is 8.42 Å². The Morgan fingerprint density at radius 3 is 2.06 bits per heavy atom. The molecule has 0 amide bonds. The van der Waals surface area contributed by atoms with Gasteiger partial charge in [0.25, 0.3) is 0 Å². The minimum absolute atomic E-state index is 0.534. The fourth-order valence-corrected chi connectivity index (χ4v) is 4.05. The van der Waals surface area contributed by atoms with Crippen LogP contribution in [0.3, 0.4) is 0 Å². The van der Waals surface area contributed by atoms with Gasteiger partial charge in [-0.2, -0.15) is 10.5 Å². The Kier molecular flexibility index (Phi) is 2.45. The van der Waals surface area contributed by atoms with Crippen LogP contribution in [-0.4, -0.2) is 19.9 Å². The van der Waals surface area contributed by atoms with Crippen molar-refractivity contribution in [1.29, 1.82) is 10.5 Å². The maximum Gasteiger partial charge on any atom is 0.169 e. The molecule has 1 aliphatic carbocycles. The number of sulfone groups is 1. The molecule has 5 heteroatoms. The van der Waals surface area contributed by atoms with Crippen molar-refractivity contribution in [1.82, 2.24) is 0 Å². The molecule has 0 heterocycles. The summed E-state index contributed by atoms with van der Waals surface area (Å²) >= 11 is 0. The topological polar surface area (TPSA) is 81.7 Å². The van der Waals surface area contributed by atoms with Crippen LogP contribution in [0.25, 0.3) is 0 Å². The number of hydrogen-bond acceptors (Lipinski definition) is 4. The second-order valence-electron chi connectivity index (χ2n) is 4.23. The summed E-state index contributed by atoms with van der Waals surface area (Å²) in [6.45, 7) is 0. The Balaban J connectivity index is 2.52. The molecule has 86 valence electrons. The van der Waals surface area contributed by atoms with E-state index in [0.29, 0.717) is 0 Å². The fourth-order valence-electron chi connectivity index (χ4n) is 2.33. The standard InChI is InChI=1S/C12H10N2O2S/c1-17(15,16)11-10(12(11,7-13)8-14)9-5-3-2-4-6-9/h2-6,10-11H,1H3/t10-,11-/m0/s1. The third-order valence-corrected chi connectivity index (χ3v) is 4.69. The SMILES string of the molecule is CS(=O)(=O)[C@H]1[C@H](c2ccccc2)C1(C#N)C#N. The molecule has 2 rings (SSSR count). The van der Waals surface area contributed by atoms with Gasteiger partial charge < -0.3 is 0 Å². The summed E-state index contributed by atoms with van der Waals surface area (Å²) < 4.78 is 23.2. The Hall–Kier alpha value is -1.85. The summed E-state index contributed by atoms with van der Waals surface area (Å²) in [7, 11) is -3.40. The summed E-state index contributed by atoms with van der Waals surface area (Å²) in [6, 6.07) is 12.6. The van der Waals surface area contributed by atoms with Gasteiger partial charge in [-0.05, 0) is 5.56 Å². The van der Waals surface area contributed by atoms with Gasteiger partial charge in [0.2, 0.25) is 0 Å². The molecule has 1 fully saturated rings. The number of hydrogen-bond donors (Lipinski definition) is 0. The van der Waals surface area contributed by atoms with Gasteiger partial charge in [0, 0.05) is 12.2 Å². The first-order chi connectivity index (χ1) is 7.97. The second kappa shape index (κ2) is 3.58. The fraction of sp³-hybridized carbons (Fsp3) is 0.333. The van der Waals surface area contributed by atoms with Crippen LogP contribution in [0.5, 0.6) is 0 Å². The van der Waals surface area contributed by atoms with Crippen LogP contribution >= 0.6 is 0 Å². The Bertz CT molecular complexity index is 609. The molecule has 1 saturated carbocycles. The van der Waals surface area contributed by atoms with E-state index in [-0.39, 0.29) is 0 Å². The van der Waals surface area contributed by atoms with Gasteiger partial charge in [-0.1, -0.05) is 30.3 Å². The van der Waals surface area contributed by atoms with E-state index < -0.39 is 26.4 Å². The summed E-state index contributed by atoms with van der Waals surface area (Å²) in [4.78, 5) is 0. The molecular weight excluding hydrogens is 236 g/mol. The predicted octanol–water partition coefficient (Wildman–Crippen LogP) is 1.23. The highest BCUT2D eigenvalue weighted by Crippen LogP contribution is 2.61. The van der Waals surface area contributed by atoms with Gasteiger partial charge in [-0.3, -0.25) is 0 Å². The van der Waals surface area contributed by atoms with E-state index in [4.69, 9.17) is 10.5 Å². The van der Waals surface area contributed by atoms with Crippen molar-refractivity contribution in [3.8, 4) is 12.1 Å². The molecule has 0 aromatic heterocycles. The van der Waals surface area contributed by atoms with Crippen LogP contribution in [0, 0.1) is 28.1 Å². The minimum Gasteiger partial charge on any atom is -0.229 e. The zero-order valence-electron chi connectivity index (χ0n) is 9.16. The first-order valence-corrected chi connectivity index (χ1v) is 6.99. The first-order valence-electron chi connectivity index (χ1n) is 5.03. The molecule has 4 nitrogen and oxygen atoms in total. The van der Waals surface area contributed by atoms with E-state index in [1.165, 1.54) is 0 Å². The highest BCUT2D eigenvalue weighted by molar-refractivity contribution is 7.91. The van der Waals surface area contributed by atoms with E-state index >= 15 is 0 Å². The zero-order valence-corrected chi connectivity index (χ0v) is 9.98. The van der Waals surface area contributed by atoms with Gasteiger partial charge in [0.15, 0.2) is 15.3 Å². The Morgan fingerprint density at radius 1 is 1.18 bits per heavy atom. The predicted molar refractivity (Wildman–Crippen MR) is 61.5 cm³/mol. The average Bonchev–Trinajstić information content (AvgIpc) is 3.00. The van der Waals surface area contributed by atoms with Crippen LogP contribution in [0.1, 0.15) is 11.5 Å². The molecule has 0 saturated heterocycles. The molecule has 1 aliphatic rings. The molecule has 17 heavy (non-hydrogen) atoms. The van der Waals surface area contributed by atoms with Crippen LogP contribution < -0.4 is 0 Å². The van der Waals surface area contributed by atoms with Gasteiger partial charge in [0.1, 0.15) is 5.25 Å². The van der Waals surface area contributed by atoms with Crippen LogP contribution in [0.2, 0.25) is 0 Å². The molecular formula is C12H10N2O2S. The smallest absolute Gasteiger partial charge is 0.169 e. The quantitative estimate of drug-likeness (QED) is 0.785. The number of rotatable bonds is 2. The zero-order chi connectivity index (χ0) is 12.7. The maximum atomic E-state index is 11.6. The molecule has 0 spiro atoms. The van der Waals surface area contributed by atoms with Crippen molar-refractivity contribution in [3.05, 3.63) is 35.9 Å². The second-order valence-corrected chi connectivity index (χ2v) is 6.40. The number of benzene rings is 1. The van der Waals surface area contributed by atoms with E-state index in [1.54, 1.807) is 24.3 Å².